The fourth-order valence-electron chi connectivity index (χ4n) is 3.08. The topological polar surface area (TPSA) is 38.8 Å². The van der Waals surface area contributed by atoms with Crippen LogP contribution in [0.1, 0.15) is 32.6 Å². The number of hydrogen-bond acceptors (Lipinski definition) is 4. The lowest BCUT2D eigenvalue weighted by Gasteiger charge is -2.34. The van der Waals surface area contributed by atoms with Crippen LogP contribution in [0.4, 0.5) is 0 Å². The van der Waals surface area contributed by atoms with Gasteiger partial charge in [0, 0.05) is 19.6 Å². The summed E-state index contributed by atoms with van der Waals surface area (Å²) in [5, 5.41) is 0. The van der Waals surface area contributed by atoms with Crippen LogP contribution in [-0.4, -0.2) is 50.3 Å². The molecule has 2 atom stereocenters. The van der Waals surface area contributed by atoms with Gasteiger partial charge in [-0.05, 0) is 32.1 Å². The van der Waals surface area contributed by atoms with Gasteiger partial charge in [-0.25, -0.2) is 0 Å². The predicted octanol–water partition coefficient (Wildman–Crippen LogP) is 1.69. The minimum absolute atomic E-state index is 0.0178. The molecule has 0 aromatic carbocycles. The summed E-state index contributed by atoms with van der Waals surface area (Å²) in [6.07, 6.45) is 4.44. The van der Waals surface area contributed by atoms with Gasteiger partial charge < -0.3 is 9.47 Å². The number of carbonyl (C=O) groups excluding carboxylic acids is 1. The molecule has 1 aliphatic heterocycles. The van der Waals surface area contributed by atoms with Gasteiger partial charge in [0.05, 0.1) is 25.7 Å². The minimum Gasteiger partial charge on any atom is -0.466 e. The minimum atomic E-state index is 0.0178. The molecule has 0 spiro atoms. The smallest absolute Gasteiger partial charge is 0.308 e. The molecular formula is C14H25NO3. The Kier molecular flexibility index (Phi) is 5.45. The van der Waals surface area contributed by atoms with Crippen molar-refractivity contribution >= 4 is 5.97 Å². The van der Waals surface area contributed by atoms with Gasteiger partial charge in [-0.1, -0.05) is 6.42 Å². The van der Waals surface area contributed by atoms with Crippen LogP contribution < -0.4 is 0 Å². The second-order valence-electron chi connectivity index (χ2n) is 5.39. The van der Waals surface area contributed by atoms with Gasteiger partial charge in [0.15, 0.2) is 0 Å². The van der Waals surface area contributed by atoms with E-state index in [1.165, 1.54) is 12.8 Å². The van der Waals surface area contributed by atoms with Crippen LogP contribution in [0.15, 0.2) is 0 Å². The molecule has 0 amide bonds. The van der Waals surface area contributed by atoms with Crippen molar-refractivity contribution in [1.82, 2.24) is 4.90 Å². The summed E-state index contributed by atoms with van der Waals surface area (Å²) >= 11 is 0. The number of rotatable bonds is 4. The first-order valence-corrected chi connectivity index (χ1v) is 7.26. The van der Waals surface area contributed by atoms with Crippen LogP contribution in [0.5, 0.6) is 0 Å². The van der Waals surface area contributed by atoms with Crippen LogP contribution in [0.2, 0.25) is 0 Å². The molecule has 18 heavy (non-hydrogen) atoms. The molecule has 0 radical (unpaired) electrons. The standard InChI is InChI=1S/C14H25NO3/c1-2-18-14(16)13-5-3-4-12(10-13)11-15-6-8-17-9-7-15/h12-13H,2-11H2,1H3/t12-,13-/m0/s1. The average molecular weight is 255 g/mol. The molecular weight excluding hydrogens is 230 g/mol. The van der Waals surface area contributed by atoms with E-state index in [-0.39, 0.29) is 11.9 Å². The number of ether oxygens (including phenoxy) is 2. The molecule has 0 aromatic heterocycles. The first-order chi connectivity index (χ1) is 8.79. The number of hydrogen-bond donors (Lipinski definition) is 0. The van der Waals surface area contributed by atoms with Crippen molar-refractivity contribution in [2.45, 2.75) is 32.6 Å². The van der Waals surface area contributed by atoms with E-state index in [0.29, 0.717) is 12.5 Å². The highest BCUT2D eigenvalue weighted by atomic mass is 16.5. The number of carbonyl (C=O) groups is 1. The fraction of sp³-hybridized carbons (Fsp3) is 0.929. The van der Waals surface area contributed by atoms with Gasteiger partial charge in [0.1, 0.15) is 0 Å². The van der Waals surface area contributed by atoms with E-state index in [9.17, 15) is 4.79 Å². The Morgan fingerprint density at radius 1 is 1.33 bits per heavy atom. The lowest BCUT2D eigenvalue weighted by atomic mass is 9.81. The van der Waals surface area contributed by atoms with Gasteiger partial charge in [-0.15, -0.1) is 0 Å². The van der Waals surface area contributed by atoms with E-state index in [1.807, 2.05) is 6.92 Å². The molecule has 104 valence electrons. The highest BCUT2D eigenvalue weighted by Gasteiger charge is 2.29. The summed E-state index contributed by atoms with van der Waals surface area (Å²) in [4.78, 5) is 14.3. The highest BCUT2D eigenvalue weighted by Crippen LogP contribution is 2.30. The van der Waals surface area contributed by atoms with E-state index in [0.717, 1.165) is 45.7 Å². The Morgan fingerprint density at radius 2 is 2.11 bits per heavy atom. The summed E-state index contributed by atoms with van der Waals surface area (Å²) in [6.45, 7) is 7.30. The van der Waals surface area contributed by atoms with Crippen molar-refractivity contribution < 1.29 is 14.3 Å². The highest BCUT2D eigenvalue weighted by molar-refractivity contribution is 5.72. The maximum absolute atomic E-state index is 11.8. The largest absolute Gasteiger partial charge is 0.466 e. The quantitative estimate of drug-likeness (QED) is 0.717. The van der Waals surface area contributed by atoms with Crippen LogP contribution in [0.3, 0.4) is 0 Å². The second kappa shape index (κ2) is 7.10. The molecule has 2 aliphatic rings. The first kappa shape index (κ1) is 13.8. The zero-order chi connectivity index (χ0) is 12.8. The molecule has 1 heterocycles. The third-order valence-corrected chi connectivity index (χ3v) is 4.02. The molecule has 4 heteroatoms. The Balaban J connectivity index is 1.77. The van der Waals surface area contributed by atoms with Crippen LogP contribution in [0.25, 0.3) is 0 Å². The zero-order valence-corrected chi connectivity index (χ0v) is 11.4. The first-order valence-electron chi connectivity index (χ1n) is 7.26. The maximum Gasteiger partial charge on any atom is 0.308 e. The van der Waals surface area contributed by atoms with Gasteiger partial charge in [0.2, 0.25) is 0 Å². The van der Waals surface area contributed by atoms with E-state index in [1.54, 1.807) is 0 Å². The van der Waals surface area contributed by atoms with Crippen LogP contribution >= 0.6 is 0 Å². The van der Waals surface area contributed by atoms with Crippen molar-refractivity contribution in [2.75, 3.05) is 39.5 Å². The Morgan fingerprint density at radius 3 is 2.83 bits per heavy atom. The van der Waals surface area contributed by atoms with Crippen molar-refractivity contribution in [3.05, 3.63) is 0 Å². The van der Waals surface area contributed by atoms with Gasteiger partial charge >= 0.3 is 5.97 Å². The molecule has 0 bridgehead atoms. The molecule has 0 N–H and O–H groups in total. The Bertz CT molecular complexity index is 264. The van der Waals surface area contributed by atoms with Crippen LogP contribution in [-0.2, 0) is 14.3 Å². The molecule has 2 fully saturated rings. The fourth-order valence-corrected chi connectivity index (χ4v) is 3.08. The molecule has 4 nitrogen and oxygen atoms in total. The third kappa shape index (κ3) is 3.95. The Labute approximate surface area is 110 Å². The normalized spacial score (nSPS) is 30.1. The summed E-state index contributed by atoms with van der Waals surface area (Å²) in [6, 6.07) is 0. The summed E-state index contributed by atoms with van der Waals surface area (Å²) in [7, 11) is 0. The number of morpholine rings is 1. The molecule has 1 saturated carbocycles. The van der Waals surface area contributed by atoms with E-state index >= 15 is 0 Å². The van der Waals surface area contributed by atoms with Crippen molar-refractivity contribution in [3.63, 3.8) is 0 Å². The summed E-state index contributed by atoms with van der Waals surface area (Å²) < 4.78 is 10.5. The maximum atomic E-state index is 11.8. The van der Waals surface area contributed by atoms with E-state index in [4.69, 9.17) is 9.47 Å². The molecule has 0 unspecified atom stereocenters. The summed E-state index contributed by atoms with van der Waals surface area (Å²) in [5.74, 6) is 0.820. The second-order valence-corrected chi connectivity index (χ2v) is 5.39. The monoisotopic (exact) mass is 255 g/mol. The zero-order valence-electron chi connectivity index (χ0n) is 11.4. The molecule has 2 rings (SSSR count). The SMILES string of the molecule is CCOC(=O)[C@H]1CCC[C@H](CN2CCOCC2)C1. The Hall–Kier alpha value is -0.610. The van der Waals surface area contributed by atoms with E-state index in [2.05, 4.69) is 4.90 Å². The molecule has 1 saturated heterocycles. The average Bonchev–Trinajstić information content (AvgIpc) is 2.40. The van der Waals surface area contributed by atoms with Gasteiger partial charge in [-0.2, -0.15) is 0 Å². The number of nitrogens with zero attached hydrogens (tertiary/aromatic N) is 1. The van der Waals surface area contributed by atoms with Crippen molar-refractivity contribution in [2.24, 2.45) is 11.8 Å². The summed E-state index contributed by atoms with van der Waals surface area (Å²) in [5.41, 5.74) is 0. The predicted molar refractivity (Wildman–Crippen MR) is 69.3 cm³/mol. The van der Waals surface area contributed by atoms with Crippen LogP contribution in [0, 0.1) is 11.8 Å². The van der Waals surface area contributed by atoms with Gasteiger partial charge in [0.25, 0.3) is 0 Å². The third-order valence-electron chi connectivity index (χ3n) is 4.02. The molecule has 1 aliphatic carbocycles. The van der Waals surface area contributed by atoms with Crippen molar-refractivity contribution in [3.8, 4) is 0 Å². The lowest BCUT2D eigenvalue weighted by Crippen LogP contribution is -2.40. The van der Waals surface area contributed by atoms with Crippen molar-refractivity contribution in [1.29, 1.82) is 0 Å². The van der Waals surface area contributed by atoms with Gasteiger partial charge in [-0.3, -0.25) is 9.69 Å². The number of esters is 1. The molecule has 0 aromatic rings. The van der Waals surface area contributed by atoms with E-state index < -0.39 is 0 Å². The lowest BCUT2D eigenvalue weighted by molar-refractivity contribution is -0.149.